The Morgan fingerprint density at radius 3 is 2.30 bits per heavy atom. The first-order valence-corrected chi connectivity index (χ1v) is 9.81. The SMILES string of the molecule is CC(Sc1ccc([N+](=O)[O-])cc1)C(=O)N1CCC(c2ccc(O)cc2)CC1. The van der Waals surface area contributed by atoms with Crippen LogP contribution in [0.2, 0.25) is 0 Å². The summed E-state index contributed by atoms with van der Waals surface area (Å²) < 4.78 is 0. The maximum atomic E-state index is 12.7. The molecular weight excluding hydrogens is 364 g/mol. The van der Waals surface area contributed by atoms with Gasteiger partial charge in [-0.2, -0.15) is 0 Å². The van der Waals surface area contributed by atoms with E-state index in [4.69, 9.17) is 0 Å². The monoisotopic (exact) mass is 386 g/mol. The molecule has 27 heavy (non-hydrogen) atoms. The van der Waals surface area contributed by atoms with Gasteiger partial charge in [0.05, 0.1) is 10.2 Å². The summed E-state index contributed by atoms with van der Waals surface area (Å²) in [5, 5.41) is 19.9. The Bertz CT molecular complexity index is 800. The molecule has 1 fully saturated rings. The molecule has 7 heteroatoms. The van der Waals surface area contributed by atoms with E-state index in [0.29, 0.717) is 5.92 Å². The normalized spacial score (nSPS) is 16.1. The number of piperidine rings is 1. The van der Waals surface area contributed by atoms with Gasteiger partial charge in [0.25, 0.3) is 5.69 Å². The number of nitro benzene ring substituents is 1. The van der Waals surface area contributed by atoms with Crippen LogP contribution in [0.25, 0.3) is 0 Å². The second kappa shape index (κ2) is 8.43. The number of nitro groups is 1. The second-order valence-electron chi connectivity index (χ2n) is 6.70. The number of phenols is 1. The number of amides is 1. The summed E-state index contributed by atoms with van der Waals surface area (Å²) in [6.45, 7) is 3.31. The predicted octanol–water partition coefficient (Wildman–Crippen LogP) is 4.19. The van der Waals surface area contributed by atoms with Gasteiger partial charge < -0.3 is 10.0 Å². The highest BCUT2D eigenvalue weighted by molar-refractivity contribution is 8.00. The van der Waals surface area contributed by atoms with E-state index in [1.54, 1.807) is 24.3 Å². The quantitative estimate of drug-likeness (QED) is 0.473. The van der Waals surface area contributed by atoms with Crippen LogP contribution in [0.3, 0.4) is 0 Å². The van der Waals surface area contributed by atoms with Gasteiger partial charge in [-0.25, -0.2) is 0 Å². The van der Waals surface area contributed by atoms with Crippen LogP contribution in [0.1, 0.15) is 31.2 Å². The summed E-state index contributed by atoms with van der Waals surface area (Å²) in [6, 6.07) is 13.6. The molecule has 1 atom stereocenters. The highest BCUT2D eigenvalue weighted by Gasteiger charge is 2.27. The van der Waals surface area contributed by atoms with Crippen molar-refractivity contribution in [2.24, 2.45) is 0 Å². The number of benzene rings is 2. The van der Waals surface area contributed by atoms with Gasteiger partial charge in [-0.05, 0) is 55.5 Å². The van der Waals surface area contributed by atoms with Crippen LogP contribution < -0.4 is 0 Å². The number of non-ortho nitro benzene ring substituents is 1. The van der Waals surface area contributed by atoms with Gasteiger partial charge in [-0.3, -0.25) is 14.9 Å². The molecule has 142 valence electrons. The van der Waals surface area contributed by atoms with Crippen LogP contribution in [-0.4, -0.2) is 39.2 Å². The molecule has 3 rings (SSSR count). The first-order valence-electron chi connectivity index (χ1n) is 8.93. The smallest absolute Gasteiger partial charge is 0.269 e. The standard InChI is InChI=1S/C20H22N2O4S/c1-14(27-19-8-4-17(5-9-19)22(25)26)20(24)21-12-10-16(11-13-21)15-2-6-18(23)7-3-15/h2-9,14,16,23H,10-13H2,1H3. The van der Waals surface area contributed by atoms with E-state index < -0.39 is 4.92 Å². The summed E-state index contributed by atoms with van der Waals surface area (Å²) >= 11 is 1.42. The van der Waals surface area contributed by atoms with E-state index in [2.05, 4.69) is 0 Å². The van der Waals surface area contributed by atoms with Gasteiger partial charge in [0.15, 0.2) is 0 Å². The highest BCUT2D eigenvalue weighted by Crippen LogP contribution is 2.31. The van der Waals surface area contributed by atoms with Gasteiger partial charge in [-0.1, -0.05) is 12.1 Å². The molecule has 6 nitrogen and oxygen atoms in total. The van der Waals surface area contributed by atoms with Crippen molar-refractivity contribution in [3.8, 4) is 5.75 Å². The predicted molar refractivity (Wildman–Crippen MR) is 105 cm³/mol. The van der Waals surface area contributed by atoms with E-state index in [0.717, 1.165) is 30.8 Å². The molecular formula is C20H22N2O4S. The fraction of sp³-hybridized carbons (Fsp3) is 0.350. The van der Waals surface area contributed by atoms with E-state index in [1.165, 1.54) is 29.5 Å². The zero-order valence-corrected chi connectivity index (χ0v) is 15.9. The largest absolute Gasteiger partial charge is 0.508 e. The van der Waals surface area contributed by atoms with Crippen molar-refractivity contribution in [1.82, 2.24) is 4.90 Å². The minimum absolute atomic E-state index is 0.0506. The highest BCUT2D eigenvalue weighted by atomic mass is 32.2. The molecule has 0 radical (unpaired) electrons. The van der Waals surface area contributed by atoms with Crippen molar-refractivity contribution < 1.29 is 14.8 Å². The summed E-state index contributed by atoms with van der Waals surface area (Å²) in [4.78, 5) is 25.8. The molecule has 1 aliphatic rings. The van der Waals surface area contributed by atoms with Crippen LogP contribution in [-0.2, 0) is 4.79 Å². The lowest BCUT2D eigenvalue weighted by Gasteiger charge is -2.33. The second-order valence-corrected chi connectivity index (χ2v) is 8.12. The van der Waals surface area contributed by atoms with Crippen LogP contribution in [0.4, 0.5) is 5.69 Å². The molecule has 1 heterocycles. The van der Waals surface area contributed by atoms with Crippen molar-refractivity contribution in [2.75, 3.05) is 13.1 Å². The van der Waals surface area contributed by atoms with Gasteiger partial charge in [0.2, 0.25) is 5.91 Å². The van der Waals surface area contributed by atoms with Crippen molar-refractivity contribution in [2.45, 2.75) is 35.8 Å². The minimum Gasteiger partial charge on any atom is -0.508 e. The molecule has 1 amide bonds. The number of thioether (sulfide) groups is 1. The average molecular weight is 386 g/mol. The molecule has 0 bridgehead atoms. The maximum Gasteiger partial charge on any atom is 0.269 e. The van der Waals surface area contributed by atoms with E-state index in [-0.39, 0.29) is 22.6 Å². The van der Waals surface area contributed by atoms with Crippen molar-refractivity contribution in [1.29, 1.82) is 0 Å². The summed E-state index contributed by atoms with van der Waals surface area (Å²) in [6.07, 6.45) is 1.82. The molecule has 1 N–H and O–H groups in total. The Labute approximate surface area is 162 Å². The number of phenolic OH excluding ortho intramolecular Hbond substituents is 1. The summed E-state index contributed by atoms with van der Waals surface area (Å²) in [7, 11) is 0. The Balaban J connectivity index is 1.53. The van der Waals surface area contributed by atoms with Gasteiger partial charge in [0.1, 0.15) is 5.75 Å². The minimum atomic E-state index is -0.429. The molecule has 0 spiro atoms. The fourth-order valence-corrected chi connectivity index (χ4v) is 4.29. The lowest BCUT2D eigenvalue weighted by Crippen LogP contribution is -2.41. The number of hydrogen-bond donors (Lipinski definition) is 1. The third-order valence-corrected chi connectivity index (χ3v) is 5.98. The Morgan fingerprint density at radius 1 is 1.15 bits per heavy atom. The van der Waals surface area contributed by atoms with E-state index in [1.807, 2.05) is 24.0 Å². The molecule has 2 aromatic rings. The number of rotatable bonds is 5. The number of likely N-dealkylation sites (tertiary alicyclic amines) is 1. The molecule has 1 unspecified atom stereocenters. The van der Waals surface area contributed by atoms with Crippen LogP contribution in [0.5, 0.6) is 5.75 Å². The third kappa shape index (κ3) is 4.80. The number of hydrogen-bond acceptors (Lipinski definition) is 5. The van der Waals surface area contributed by atoms with Gasteiger partial charge in [-0.15, -0.1) is 11.8 Å². The molecule has 2 aromatic carbocycles. The van der Waals surface area contributed by atoms with Crippen molar-refractivity contribution in [3.05, 3.63) is 64.2 Å². The third-order valence-electron chi connectivity index (χ3n) is 4.88. The van der Waals surface area contributed by atoms with Crippen molar-refractivity contribution in [3.63, 3.8) is 0 Å². The summed E-state index contributed by atoms with van der Waals surface area (Å²) in [5.41, 5.74) is 1.25. The van der Waals surface area contributed by atoms with Crippen LogP contribution in [0, 0.1) is 10.1 Å². The average Bonchev–Trinajstić information content (AvgIpc) is 2.68. The molecule has 0 aliphatic carbocycles. The Morgan fingerprint density at radius 2 is 1.74 bits per heavy atom. The van der Waals surface area contributed by atoms with Gasteiger partial charge >= 0.3 is 0 Å². The topological polar surface area (TPSA) is 83.7 Å². The van der Waals surface area contributed by atoms with Gasteiger partial charge in [0, 0.05) is 30.1 Å². The number of carbonyl (C=O) groups is 1. The Kier molecular flexibility index (Phi) is 6.01. The molecule has 0 saturated carbocycles. The van der Waals surface area contributed by atoms with E-state index in [9.17, 15) is 20.0 Å². The van der Waals surface area contributed by atoms with Crippen molar-refractivity contribution >= 4 is 23.4 Å². The maximum absolute atomic E-state index is 12.7. The van der Waals surface area contributed by atoms with Crippen LogP contribution >= 0.6 is 11.8 Å². The zero-order chi connectivity index (χ0) is 19.4. The van der Waals surface area contributed by atoms with Crippen LogP contribution in [0.15, 0.2) is 53.4 Å². The Hall–Kier alpha value is -2.54. The lowest BCUT2D eigenvalue weighted by atomic mass is 9.89. The first-order chi connectivity index (χ1) is 12.9. The molecule has 0 aromatic heterocycles. The zero-order valence-electron chi connectivity index (χ0n) is 15.1. The van der Waals surface area contributed by atoms with E-state index >= 15 is 0 Å². The lowest BCUT2D eigenvalue weighted by molar-refractivity contribution is -0.384. The number of aromatic hydroxyl groups is 1. The molecule has 1 aliphatic heterocycles. The fourth-order valence-electron chi connectivity index (χ4n) is 3.34. The number of nitrogens with zero attached hydrogens (tertiary/aromatic N) is 2. The number of carbonyl (C=O) groups excluding carboxylic acids is 1. The molecule has 1 saturated heterocycles. The first kappa shape index (κ1) is 19.2. The summed E-state index contributed by atoms with van der Waals surface area (Å²) in [5.74, 6) is 0.776.